The van der Waals surface area contributed by atoms with Crippen molar-refractivity contribution in [3.8, 4) is 0 Å². The van der Waals surface area contributed by atoms with Crippen LogP contribution in [-0.2, 0) is 0 Å². The molecule has 1 heteroatoms. The molecule has 0 aromatic heterocycles. The van der Waals surface area contributed by atoms with Crippen molar-refractivity contribution in [2.75, 3.05) is 6.54 Å². The van der Waals surface area contributed by atoms with Gasteiger partial charge in [-0.05, 0) is 18.5 Å². The molecule has 0 aliphatic carbocycles. The van der Waals surface area contributed by atoms with Crippen molar-refractivity contribution in [2.24, 2.45) is 5.92 Å². The summed E-state index contributed by atoms with van der Waals surface area (Å²) in [7, 11) is 0. The third-order valence-electron chi connectivity index (χ3n) is 3.95. The number of nitrogens with one attached hydrogen (secondary N) is 1. The minimum absolute atomic E-state index is 0.904. The maximum absolute atomic E-state index is 3.60. The molecule has 0 heterocycles. The molecule has 0 saturated heterocycles. The van der Waals surface area contributed by atoms with Gasteiger partial charge in [-0.1, -0.05) is 132 Å². The van der Waals surface area contributed by atoms with Crippen molar-refractivity contribution in [3.05, 3.63) is 12.8 Å². The Bertz CT molecular complexity index is 198. The monoisotopic (exact) mass is 355 g/mol. The fourth-order valence-electron chi connectivity index (χ4n) is 2.44. The van der Waals surface area contributed by atoms with E-state index >= 15 is 0 Å². The molecule has 0 amide bonds. The van der Waals surface area contributed by atoms with E-state index in [-0.39, 0.29) is 0 Å². The summed E-state index contributed by atoms with van der Waals surface area (Å²) in [5.41, 5.74) is 0. The maximum atomic E-state index is 3.60. The van der Waals surface area contributed by atoms with Crippen LogP contribution in [-0.4, -0.2) is 6.54 Å². The van der Waals surface area contributed by atoms with Crippen LogP contribution < -0.4 is 5.32 Å². The van der Waals surface area contributed by atoms with Gasteiger partial charge in [-0.3, -0.25) is 0 Å². The fraction of sp³-hybridized carbons (Fsp3) is 0.917. The first-order valence-corrected chi connectivity index (χ1v) is 11.4. The average Bonchev–Trinajstić information content (AvgIpc) is 2.58. The molecule has 0 aromatic rings. The number of hydrogen-bond donors (Lipinski definition) is 1. The van der Waals surface area contributed by atoms with E-state index in [4.69, 9.17) is 0 Å². The summed E-state index contributed by atoms with van der Waals surface area (Å²) < 4.78 is 0. The van der Waals surface area contributed by atoms with Crippen LogP contribution in [0.25, 0.3) is 0 Å². The lowest BCUT2D eigenvalue weighted by atomic mass is 10.0. The molecule has 0 rings (SSSR count). The molecule has 0 atom stereocenters. The van der Waals surface area contributed by atoms with E-state index in [1.807, 2.05) is 0 Å². The van der Waals surface area contributed by atoms with Gasteiger partial charge in [0.05, 0.1) is 0 Å². The third-order valence-corrected chi connectivity index (χ3v) is 3.95. The quantitative estimate of drug-likeness (QED) is 0.289. The molecular weight excluding hydrogens is 302 g/mol. The van der Waals surface area contributed by atoms with Crippen LogP contribution in [0.4, 0.5) is 0 Å². The second-order valence-electron chi connectivity index (χ2n) is 7.58. The van der Waals surface area contributed by atoms with Crippen LogP contribution in [0.5, 0.6) is 0 Å². The Labute approximate surface area is 162 Å². The fourth-order valence-corrected chi connectivity index (χ4v) is 2.44. The van der Waals surface area contributed by atoms with Crippen LogP contribution in [0.1, 0.15) is 131 Å². The van der Waals surface area contributed by atoms with Gasteiger partial charge in [0.15, 0.2) is 0 Å². The number of hydrogen-bond acceptors (Lipinski definition) is 1. The molecule has 0 bridgehead atoms. The van der Waals surface area contributed by atoms with Gasteiger partial charge in [0.1, 0.15) is 0 Å². The predicted molar refractivity (Wildman–Crippen MR) is 120 cm³/mol. The maximum Gasteiger partial charge on any atom is 0.0141 e. The first-order valence-electron chi connectivity index (χ1n) is 11.4. The molecule has 154 valence electrons. The van der Waals surface area contributed by atoms with Gasteiger partial charge in [0.2, 0.25) is 0 Å². The van der Waals surface area contributed by atoms with Crippen molar-refractivity contribution in [1.29, 1.82) is 0 Å². The minimum Gasteiger partial charge on any atom is -0.391 e. The zero-order valence-corrected chi connectivity index (χ0v) is 19.0. The second kappa shape index (κ2) is 31.3. The van der Waals surface area contributed by atoms with Crippen molar-refractivity contribution in [1.82, 2.24) is 5.32 Å². The number of unbranched alkanes of at least 4 members (excludes halogenated alkanes) is 10. The van der Waals surface area contributed by atoms with E-state index in [0.29, 0.717) is 0 Å². The van der Waals surface area contributed by atoms with E-state index in [0.717, 1.165) is 12.5 Å². The molecule has 1 nitrogen and oxygen atoms in total. The number of rotatable bonds is 15. The second-order valence-corrected chi connectivity index (χ2v) is 7.58. The molecule has 0 aliphatic rings. The summed E-state index contributed by atoms with van der Waals surface area (Å²) in [4.78, 5) is 0. The van der Waals surface area contributed by atoms with E-state index in [2.05, 4.69) is 53.4 Å². The molecule has 1 N–H and O–H groups in total. The summed E-state index contributed by atoms with van der Waals surface area (Å²) in [6, 6.07) is 0. The lowest BCUT2D eigenvalue weighted by Crippen LogP contribution is -2.05. The zero-order valence-electron chi connectivity index (χ0n) is 19.0. The summed E-state index contributed by atoms with van der Waals surface area (Å²) in [5, 5.41) is 3.10. The van der Waals surface area contributed by atoms with Gasteiger partial charge < -0.3 is 5.32 Å². The van der Waals surface area contributed by atoms with Gasteiger partial charge in [-0.25, -0.2) is 0 Å². The van der Waals surface area contributed by atoms with Crippen molar-refractivity contribution < 1.29 is 0 Å². The highest BCUT2D eigenvalue weighted by molar-refractivity contribution is 4.61. The van der Waals surface area contributed by atoms with Crippen molar-refractivity contribution in [2.45, 2.75) is 131 Å². The van der Waals surface area contributed by atoms with Gasteiger partial charge in [0, 0.05) is 6.54 Å². The molecule has 0 aliphatic heterocycles. The standard InChI is InChI=1S/C11H24.C10H21N.C3H8/c1-4-5-6-7-8-9-10-11(2)3;1-3-5-6-7-8-9-10-11-4-2;1-3-2/h11H,4-10H2,1-3H3;4,11H,2-3,5-10H2,1H3;3H2,1-2H3. The molecule has 0 spiro atoms. The van der Waals surface area contributed by atoms with Crippen molar-refractivity contribution in [3.63, 3.8) is 0 Å². The lowest BCUT2D eigenvalue weighted by Gasteiger charge is -2.03. The highest BCUT2D eigenvalue weighted by Crippen LogP contribution is 2.10. The summed E-state index contributed by atoms with van der Waals surface area (Å²) in [6.07, 6.45) is 21.2. The van der Waals surface area contributed by atoms with Crippen LogP contribution in [0.3, 0.4) is 0 Å². The predicted octanol–water partition coefficient (Wildman–Crippen LogP) is 8.89. The topological polar surface area (TPSA) is 12.0 Å². The Morgan fingerprint density at radius 2 is 1.08 bits per heavy atom. The molecule has 0 unspecified atom stereocenters. The molecule has 0 aromatic carbocycles. The highest BCUT2D eigenvalue weighted by atomic mass is 14.8. The Balaban J connectivity index is -0.000000334. The third kappa shape index (κ3) is 45.2. The van der Waals surface area contributed by atoms with E-state index in [1.165, 1.54) is 89.9 Å². The smallest absolute Gasteiger partial charge is 0.0141 e. The molecule has 0 fully saturated rings. The normalized spacial score (nSPS) is 9.72. The van der Waals surface area contributed by atoms with Gasteiger partial charge in [-0.15, -0.1) is 0 Å². The Morgan fingerprint density at radius 3 is 1.48 bits per heavy atom. The molecular formula is C24H53N. The van der Waals surface area contributed by atoms with Gasteiger partial charge in [-0.2, -0.15) is 0 Å². The van der Waals surface area contributed by atoms with E-state index in [9.17, 15) is 0 Å². The Morgan fingerprint density at radius 1 is 0.680 bits per heavy atom. The van der Waals surface area contributed by atoms with Crippen LogP contribution in [0.15, 0.2) is 12.8 Å². The van der Waals surface area contributed by atoms with Crippen LogP contribution in [0, 0.1) is 5.92 Å². The van der Waals surface area contributed by atoms with Gasteiger partial charge >= 0.3 is 0 Å². The Hall–Kier alpha value is -0.460. The molecule has 0 radical (unpaired) electrons. The first-order chi connectivity index (χ1) is 12.1. The van der Waals surface area contributed by atoms with Gasteiger partial charge in [0.25, 0.3) is 0 Å². The first kappa shape index (κ1) is 29.3. The largest absolute Gasteiger partial charge is 0.391 e. The van der Waals surface area contributed by atoms with Crippen LogP contribution >= 0.6 is 0 Å². The molecule has 0 saturated carbocycles. The Kier molecular flexibility index (Phi) is 36.7. The average molecular weight is 356 g/mol. The zero-order chi connectivity index (χ0) is 19.6. The summed E-state index contributed by atoms with van der Waals surface area (Å²) >= 11 is 0. The summed E-state index contributed by atoms with van der Waals surface area (Å²) in [6.45, 7) is 18.1. The summed E-state index contributed by atoms with van der Waals surface area (Å²) in [5.74, 6) is 0.904. The minimum atomic E-state index is 0.904. The van der Waals surface area contributed by atoms with Crippen LogP contribution in [0.2, 0.25) is 0 Å². The van der Waals surface area contributed by atoms with Crippen molar-refractivity contribution >= 4 is 0 Å². The van der Waals surface area contributed by atoms with E-state index in [1.54, 1.807) is 6.20 Å². The van der Waals surface area contributed by atoms with E-state index < -0.39 is 0 Å². The SMILES string of the molecule is C=CNCCCCCCCC.CCC.CCCCCCCCC(C)C. The lowest BCUT2D eigenvalue weighted by molar-refractivity contribution is 0.514. The molecule has 25 heavy (non-hydrogen) atoms. The highest BCUT2D eigenvalue weighted by Gasteiger charge is 1.93.